The van der Waals surface area contributed by atoms with E-state index in [4.69, 9.17) is 5.73 Å². The predicted molar refractivity (Wildman–Crippen MR) is 66.9 cm³/mol. The highest BCUT2D eigenvalue weighted by Crippen LogP contribution is 2.32. The molecular weight excluding hydrogens is 208 g/mol. The van der Waals surface area contributed by atoms with Crippen molar-refractivity contribution in [1.82, 2.24) is 0 Å². The summed E-state index contributed by atoms with van der Waals surface area (Å²) in [4.78, 5) is 14.2. The molecule has 15 heavy (non-hydrogen) atoms. The Morgan fingerprint density at radius 1 is 1.53 bits per heavy atom. The van der Waals surface area contributed by atoms with E-state index in [-0.39, 0.29) is 5.78 Å². The van der Waals surface area contributed by atoms with Crippen molar-refractivity contribution in [3.8, 4) is 0 Å². The number of hydrogen-bond donors (Lipinski definition) is 1. The number of anilines is 2. The van der Waals surface area contributed by atoms with Crippen molar-refractivity contribution in [1.29, 1.82) is 0 Å². The van der Waals surface area contributed by atoms with Gasteiger partial charge in [-0.3, -0.25) is 4.79 Å². The Kier molecular flexibility index (Phi) is 4.15. The van der Waals surface area contributed by atoms with Crippen LogP contribution in [0.3, 0.4) is 0 Å². The Morgan fingerprint density at radius 2 is 2.20 bits per heavy atom. The van der Waals surface area contributed by atoms with Gasteiger partial charge in [0.05, 0.1) is 15.6 Å². The number of ketones is 1. The highest BCUT2D eigenvalue weighted by Gasteiger charge is 2.13. The number of carbonyl (C=O) groups excluding carboxylic acids is 1. The number of nitrogens with two attached hydrogens (primary N) is 1. The molecule has 2 N–H and O–H groups in total. The molecule has 0 unspecified atom stereocenters. The molecule has 0 radical (unpaired) electrons. The maximum Gasteiger partial charge on any atom is 0.171 e. The third kappa shape index (κ3) is 2.72. The van der Waals surface area contributed by atoms with Gasteiger partial charge >= 0.3 is 0 Å². The van der Waals surface area contributed by atoms with E-state index >= 15 is 0 Å². The average molecular weight is 226 g/mol. The van der Waals surface area contributed by atoms with Crippen LogP contribution in [0.1, 0.15) is 36.9 Å². The van der Waals surface area contributed by atoms with Crippen LogP contribution in [0.15, 0.2) is 6.07 Å². The number of hydrogen-bond acceptors (Lipinski definition) is 4. The molecule has 0 aliphatic rings. The molecule has 1 heterocycles. The van der Waals surface area contributed by atoms with Crippen LogP contribution in [0.2, 0.25) is 0 Å². The molecular formula is C11H18N2OS. The molecule has 0 bridgehead atoms. The maximum atomic E-state index is 11.3. The van der Waals surface area contributed by atoms with Crippen molar-refractivity contribution < 1.29 is 4.79 Å². The molecule has 0 saturated carbocycles. The van der Waals surface area contributed by atoms with Crippen LogP contribution in [0.25, 0.3) is 0 Å². The topological polar surface area (TPSA) is 46.3 Å². The lowest BCUT2D eigenvalue weighted by atomic mass is 10.3. The van der Waals surface area contributed by atoms with E-state index < -0.39 is 0 Å². The van der Waals surface area contributed by atoms with Gasteiger partial charge < -0.3 is 10.6 Å². The Hall–Kier alpha value is -1.03. The van der Waals surface area contributed by atoms with Crippen molar-refractivity contribution >= 4 is 27.8 Å². The summed E-state index contributed by atoms with van der Waals surface area (Å²) in [7, 11) is 0. The SMILES string of the molecule is CCCN(CC)c1cc(N)c(C(C)=O)s1. The second-order valence-corrected chi connectivity index (χ2v) is 4.54. The number of carbonyl (C=O) groups is 1. The molecule has 1 aromatic rings. The van der Waals surface area contributed by atoms with Crippen molar-refractivity contribution in [2.45, 2.75) is 27.2 Å². The second kappa shape index (κ2) is 5.16. The molecule has 0 aliphatic heterocycles. The van der Waals surface area contributed by atoms with Gasteiger partial charge in [-0.05, 0) is 19.4 Å². The van der Waals surface area contributed by atoms with E-state index in [2.05, 4.69) is 18.7 Å². The van der Waals surface area contributed by atoms with Gasteiger partial charge in [-0.2, -0.15) is 0 Å². The third-order valence-electron chi connectivity index (χ3n) is 2.25. The minimum absolute atomic E-state index is 0.0521. The van der Waals surface area contributed by atoms with E-state index in [0.29, 0.717) is 10.6 Å². The van der Waals surface area contributed by atoms with Crippen LogP contribution >= 0.6 is 11.3 Å². The van der Waals surface area contributed by atoms with E-state index in [1.807, 2.05) is 6.07 Å². The Bertz CT molecular complexity index is 346. The maximum absolute atomic E-state index is 11.3. The zero-order chi connectivity index (χ0) is 11.4. The summed E-state index contributed by atoms with van der Waals surface area (Å²) in [5.41, 5.74) is 6.40. The van der Waals surface area contributed by atoms with Gasteiger partial charge in [-0.25, -0.2) is 0 Å². The first-order valence-electron chi connectivity index (χ1n) is 5.25. The molecule has 0 aromatic carbocycles. The lowest BCUT2D eigenvalue weighted by Gasteiger charge is -2.19. The highest BCUT2D eigenvalue weighted by molar-refractivity contribution is 7.18. The molecule has 4 heteroatoms. The van der Waals surface area contributed by atoms with Crippen LogP contribution in [0, 0.1) is 0 Å². The molecule has 0 saturated heterocycles. The molecule has 0 aliphatic carbocycles. The number of thiophene rings is 1. The van der Waals surface area contributed by atoms with Crippen molar-refractivity contribution in [2.24, 2.45) is 0 Å². The largest absolute Gasteiger partial charge is 0.397 e. The van der Waals surface area contributed by atoms with Gasteiger partial charge in [0.1, 0.15) is 0 Å². The summed E-state index contributed by atoms with van der Waals surface area (Å²) in [5, 5.41) is 1.10. The fourth-order valence-corrected chi connectivity index (χ4v) is 2.58. The zero-order valence-electron chi connectivity index (χ0n) is 9.54. The molecule has 84 valence electrons. The minimum atomic E-state index is 0.0521. The summed E-state index contributed by atoms with van der Waals surface area (Å²) in [6, 6.07) is 1.90. The van der Waals surface area contributed by atoms with Crippen molar-refractivity contribution in [3.05, 3.63) is 10.9 Å². The highest BCUT2D eigenvalue weighted by atomic mass is 32.1. The van der Waals surface area contributed by atoms with Crippen LogP contribution in [-0.2, 0) is 0 Å². The summed E-state index contributed by atoms with van der Waals surface area (Å²) in [5.74, 6) is 0.0521. The number of nitrogens with zero attached hydrogens (tertiary/aromatic N) is 1. The van der Waals surface area contributed by atoms with Crippen LogP contribution < -0.4 is 10.6 Å². The number of nitrogen functional groups attached to an aromatic ring is 1. The first-order valence-corrected chi connectivity index (χ1v) is 6.07. The van der Waals surface area contributed by atoms with E-state index in [9.17, 15) is 4.79 Å². The first kappa shape index (κ1) is 12.0. The van der Waals surface area contributed by atoms with Crippen LogP contribution in [0.5, 0.6) is 0 Å². The van der Waals surface area contributed by atoms with Crippen LogP contribution in [0.4, 0.5) is 10.7 Å². The minimum Gasteiger partial charge on any atom is -0.397 e. The first-order chi connectivity index (χ1) is 7.10. The zero-order valence-corrected chi connectivity index (χ0v) is 10.4. The fourth-order valence-electron chi connectivity index (χ4n) is 1.52. The Balaban J connectivity index is 2.94. The number of Topliss-reactive ketones (excluding diaryl/α,β-unsaturated/α-hetero) is 1. The van der Waals surface area contributed by atoms with E-state index in [1.165, 1.54) is 11.3 Å². The standard InChI is InChI=1S/C11H18N2OS/c1-4-6-13(5-2)10-7-9(12)11(15-10)8(3)14/h7H,4-6,12H2,1-3H3. The number of rotatable bonds is 5. The smallest absolute Gasteiger partial charge is 0.171 e. The summed E-state index contributed by atoms with van der Waals surface area (Å²) < 4.78 is 0. The molecule has 0 fully saturated rings. The van der Waals surface area contributed by atoms with E-state index in [1.54, 1.807) is 6.92 Å². The molecule has 0 spiro atoms. The molecule has 0 amide bonds. The summed E-state index contributed by atoms with van der Waals surface area (Å²) in [6.07, 6.45) is 1.10. The molecule has 1 aromatic heterocycles. The third-order valence-corrected chi connectivity index (χ3v) is 3.57. The van der Waals surface area contributed by atoms with Gasteiger partial charge in [0.15, 0.2) is 5.78 Å². The second-order valence-electron chi connectivity index (χ2n) is 3.50. The summed E-state index contributed by atoms with van der Waals surface area (Å²) in [6.45, 7) is 7.77. The Labute approximate surface area is 94.9 Å². The van der Waals surface area contributed by atoms with Gasteiger partial charge in [-0.15, -0.1) is 11.3 Å². The van der Waals surface area contributed by atoms with Gasteiger partial charge in [0, 0.05) is 20.0 Å². The molecule has 1 rings (SSSR count). The fraction of sp³-hybridized carbons (Fsp3) is 0.545. The molecule has 0 atom stereocenters. The lowest BCUT2D eigenvalue weighted by molar-refractivity contribution is 0.102. The predicted octanol–water partition coefficient (Wildman–Crippen LogP) is 2.77. The summed E-state index contributed by atoms with van der Waals surface area (Å²) >= 11 is 1.49. The van der Waals surface area contributed by atoms with Crippen molar-refractivity contribution in [3.63, 3.8) is 0 Å². The lowest BCUT2D eigenvalue weighted by Crippen LogP contribution is -2.22. The quantitative estimate of drug-likeness (QED) is 0.785. The normalized spacial score (nSPS) is 10.3. The van der Waals surface area contributed by atoms with Gasteiger partial charge in [-0.1, -0.05) is 6.92 Å². The average Bonchev–Trinajstić information content (AvgIpc) is 2.56. The van der Waals surface area contributed by atoms with Gasteiger partial charge in [0.2, 0.25) is 0 Å². The molecule has 3 nitrogen and oxygen atoms in total. The van der Waals surface area contributed by atoms with E-state index in [0.717, 1.165) is 24.5 Å². The van der Waals surface area contributed by atoms with Gasteiger partial charge in [0.25, 0.3) is 0 Å². The van der Waals surface area contributed by atoms with Crippen LogP contribution in [-0.4, -0.2) is 18.9 Å². The van der Waals surface area contributed by atoms with Crippen molar-refractivity contribution in [2.75, 3.05) is 23.7 Å². The monoisotopic (exact) mass is 226 g/mol. The Morgan fingerprint density at radius 3 is 2.60 bits per heavy atom.